The fraction of sp³-hybridized carbons (Fsp3) is 0.650. The minimum absolute atomic E-state index is 0.197. The van der Waals surface area contributed by atoms with E-state index in [0.29, 0.717) is 6.54 Å². The Bertz CT molecular complexity index is 831. The number of nitrogens with one attached hydrogen (secondary N) is 1. The second kappa shape index (κ2) is 7.14. The van der Waals surface area contributed by atoms with Gasteiger partial charge in [-0.25, -0.2) is 9.97 Å². The molecule has 0 radical (unpaired) electrons. The molecule has 4 rings (SSSR count). The Balaban J connectivity index is 1.45. The molecule has 1 N–H and O–H groups in total. The normalized spacial score (nSPS) is 23.1. The molecule has 6 heteroatoms. The molecule has 3 heterocycles. The van der Waals surface area contributed by atoms with Crippen molar-refractivity contribution in [3.05, 3.63) is 16.3 Å². The highest BCUT2D eigenvalue weighted by Crippen LogP contribution is 2.36. The van der Waals surface area contributed by atoms with E-state index in [4.69, 9.17) is 0 Å². The molecule has 5 nitrogen and oxygen atoms in total. The molecule has 2 aliphatic rings. The van der Waals surface area contributed by atoms with Crippen molar-refractivity contribution in [3.63, 3.8) is 0 Å². The number of anilines is 1. The van der Waals surface area contributed by atoms with E-state index in [1.807, 2.05) is 6.92 Å². The Labute approximate surface area is 159 Å². The van der Waals surface area contributed by atoms with Gasteiger partial charge in [0.1, 0.15) is 16.5 Å². The van der Waals surface area contributed by atoms with Crippen LogP contribution < -0.4 is 5.32 Å². The van der Waals surface area contributed by atoms with Crippen LogP contribution >= 0.6 is 11.3 Å². The molecule has 1 saturated carbocycles. The minimum Gasteiger partial charge on any atom is -0.360 e. The first kappa shape index (κ1) is 17.7. The van der Waals surface area contributed by atoms with Crippen molar-refractivity contribution in [1.29, 1.82) is 0 Å². The molecule has 0 aromatic carbocycles. The number of carbonyl (C=O) groups is 1. The van der Waals surface area contributed by atoms with Crippen molar-refractivity contribution in [2.24, 2.45) is 11.8 Å². The van der Waals surface area contributed by atoms with E-state index in [-0.39, 0.29) is 5.91 Å². The van der Waals surface area contributed by atoms with E-state index in [1.54, 1.807) is 11.3 Å². The van der Waals surface area contributed by atoms with Crippen molar-refractivity contribution in [2.45, 2.75) is 52.9 Å². The summed E-state index contributed by atoms with van der Waals surface area (Å²) in [7, 11) is 0. The number of aryl methyl sites for hydroxylation is 3. The maximum Gasteiger partial charge on any atom is 0.241 e. The van der Waals surface area contributed by atoms with Crippen LogP contribution in [0, 0.1) is 32.6 Å². The lowest BCUT2D eigenvalue weighted by molar-refractivity contribution is -0.132. The van der Waals surface area contributed by atoms with Gasteiger partial charge in [0, 0.05) is 18.0 Å². The van der Waals surface area contributed by atoms with Gasteiger partial charge in [-0.15, -0.1) is 11.3 Å². The van der Waals surface area contributed by atoms with Crippen LogP contribution in [0.25, 0.3) is 10.2 Å². The topological polar surface area (TPSA) is 58.1 Å². The lowest BCUT2D eigenvalue weighted by atomic mass is 9.75. The summed E-state index contributed by atoms with van der Waals surface area (Å²) in [5.74, 6) is 3.31. The van der Waals surface area contributed by atoms with Crippen molar-refractivity contribution in [1.82, 2.24) is 14.9 Å². The monoisotopic (exact) mass is 372 g/mol. The predicted molar refractivity (Wildman–Crippen MR) is 107 cm³/mol. The largest absolute Gasteiger partial charge is 0.360 e. The third-order valence-corrected chi connectivity index (χ3v) is 7.29. The molecule has 0 bridgehead atoms. The predicted octanol–water partition coefficient (Wildman–Crippen LogP) is 4.07. The minimum atomic E-state index is 0.197. The Morgan fingerprint density at radius 3 is 2.73 bits per heavy atom. The number of carbonyl (C=O) groups excluding carboxylic acids is 1. The molecule has 2 aromatic heterocycles. The third-order valence-electron chi connectivity index (χ3n) is 6.19. The summed E-state index contributed by atoms with van der Waals surface area (Å²) in [5, 5.41) is 4.38. The van der Waals surface area contributed by atoms with E-state index in [0.717, 1.165) is 46.8 Å². The van der Waals surface area contributed by atoms with E-state index in [1.165, 1.54) is 42.5 Å². The number of fused-ring (bicyclic) bond motifs is 2. The van der Waals surface area contributed by atoms with Crippen molar-refractivity contribution in [2.75, 3.05) is 25.0 Å². The van der Waals surface area contributed by atoms with Crippen LogP contribution in [-0.4, -0.2) is 40.4 Å². The summed E-state index contributed by atoms with van der Waals surface area (Å²) >= 11 is 1.70. The molecule has 2 fully saturated rings. The standard InChI is InChI=1S/C20H28N4OS/c1-12-13(2)26-20-18(12)19(22-14(3)23-20)21-10-17(25)24-9-8-15-6-4-5-7-16(15)11-24/h15-16H,4-11H2,1-3H3,(H,21,22,23)/t15-,16+/m0/s1. The number of piperidine rings is 1. The number of hydrogen-bond donors (Lipinski definition) is 1. The van der Waals surface area contributed by atoms with Crippen molar-refractivity contribution in [3.8, 4) is 0 Å². The average molecular weight is 373 g/mol. The fourth-order valence-electron chi connectivity index (χ4n) is 4.58. The highest BCUT2D eigenvalue weighted by molar-refractivity contribution is 7.18. The SMILES string of the molecule is Cc1nc(NCC(=O)N2CC[C@@H]3CCCC[C@@H]3C2)c2c(C)c(C)sc2n1. The smallest absolute Gasteiger partial charge is 0.241 e. The second-order valence-corrected chi connectivity index (χ2v) is 9.07. The number of amides is 1. The number of aromatic nitrogens is 2. The first-order valence-corrected chi connectivity index (χ1v) is 10.6. The highest BCUT2D eigenvalue weighted by atomic mass is 32.1. The van der Waals surface area contributed by atoms with Gasteiger partial charge in [-0.05, 0) is 51.0 Å². The molecule has 0 unspecified atom stereocenters. The first-order valence-electron chi connectivity index (χ1n) is 9.79. The van der Waals surface area contributed by atoms with Gasteiger partial charge in [0.05, 0.1) is 11.9 Å². The van der Waals surface area contributed by atoms with Crippen LogP contribution in [0.5, 0.6) is 0 Å². The molecule has 1 aliphatic heterocycles. The van der Waals surface area contributed by atoms with Gasteiger partial charge in [0.2, 0.25) is 5.91 Å². The van der Waals surface area contributed by atoms with Gasteiger partial charge in [0.15, 0.2) is 0 Å². The summed E-state index contributed by atoms with van der Waals surface area (Å²) in [5.41, 5.74) is 1.21. The number of likely N-dealkylation sites (tertiary alicyclic amines) is 1. The molecule has 1 saturated heterocycles. The third kappa shape index (κ3) is 3.31. The number of thiophene rings is 1. The molecule has 2 aromatic rings. The summed E-state index contributed by atoms with van der Waals surface area (Å²) in [6.45, 7) is 8.30. The molecular weight excluding hydrogens is 344 g/mol. The molecule has 1 amide bonds. The molecule has 1 aliphatic carbocycles. The van der Waals surface area contributed by atoms with Crippen LogP contribution in [0.3, 0.4) is 0 Å². The van der Waals surface area contributed by atoms with E-state index >= 15 is 0 Å². The molecule has 26 heavy (non-hydrogen) atoms. The zero-order chi connectivity index (χ0) is 18.3. The zero-order valence-electron chi connectivity index (χ0n) is 16.0. The lowest BCUT2D eigenvalue weighted by Crippen LogP contribution is -2.46. The molecular formula is C20H28N4OS. The number of hydrogen-bond acceptors (Lipinski definition) is 5. The van der Waals surface area contributed by atoms with Crippen molar-refractivity contribution < 1.29 is 4.79 Å². The summed E-state index contributed by atoms with van der Waals surface area (Å²) in [4.78, 5) is 26.2. The van der Waals surface area contributed by atoms with E-state index < -0.39 is 0 Å². The van der Waals surface area contributed by atoms with E-state index in [2.05, 4.69) is 34.0 Å². The lowest BCUT2D eigenvalue weighted by Gasteiger charge is -2.41. The summed E-state index contributed by atoms with van der Waals surface area (Å²) < 4.78 is 0. The second-order valence-electron chi connectivity index (χ2n) is 7.87. The fourth-order valence-corrected chi connectivity index (χ4v) is 5.66. The van der Waals surface area contributed by atoms with Crippen LogP contribution in [0.2, 0.25) is 0 Å². The molecule has 140 valence electrons. The Morgan fingerprint density at radius 2 is 1.92 bits per heavy atom. The zero-order valence-corrected chi connectivity index (χ0v) is 16.8. The van der Waals surface area contributed by atoms with Crippen molar-refractivity contribution >= 4 is 33.3 Å². The van der Waals surface area contributed by atoms with Gasteiger partial charge >= 0.3 is 0 Å². The molecule has 2 atom stereocenters. The van der Waals surface area contributed by atoms with Gasteiger partial charge in [-0.2, -0.15) is 0 Å². The van der Waals surface area contributed by atoms with Crippen LogP contribution in [0.4, 0.5) is 5.82 Å². The van der Waals surface area contributed by atoms with E-state index in [9.17, 15) is 4.79 Å². The van der Waals surface area contributed by atoms with Crippen LogP contribution in [-0.2, 0) is 4.79 Å². The number of nitrogens with zero attached hydrogens (tertiary/aromatic N) is 3. The summed E-state index contributed by atoms with van der Waals surface area (Å²) in [6, 6.07) is 0. The van der Waals surface area contributed by atoms with Crippen LogP contribution in [0.1, 0.15) is 48.4 Å². The Hall–Kier alpha value is -1.69. The maximum absolute atomic E-state index is 12.8. The van der Waals surface area contributed by atoms with Crippen LogP contribution in [0.15, 0.2) is 0 Å². The number of rotatable bonds is 3. The quantitative estimate of drug-likeness (QED) is 0.882. The highest BCUT2D eigenvalue weighted by Gasteiger charge is 2.32. The van der Waals surface area contributed by atoms with Gasteiger partial charge in [-0.3, -0.25) is 4.79 Å². The Morgan fingerprint density at radius 1 is 1.15 bits per heavy atom. The van der Waals surface area contributed by atoms with Gasteiger partial charge in [-0.1, -0.05) is 19.3 Å². The Kier molecular flexibility index (Phi) is 4.86. The first-order chi connectivity index (χ1) is 12.5. The van der Waals surface area contributed by atoms with Gasteiger partial charge in [0.25, 0.3) is 0 Å². The maximum atomic E-state index is 12.8. The average Bonchev–Trinajstić information content (AvgIpc) is 2.92. The summed E-state index contributed by atoms with van der Waals surface area (Å²) in [6.07, 6.45) is 6.53. The van der Waals surface area contributed by atoms with Gasteiger partial charge < -0.3 is 10.2 Å². The molecule has 0 spiro atoms.